The van der Waals surface area contributed by atoms with Gasteiger partial charge in [-0.05, 0) is 59.0 Å². The number of phenolic OH excluding ortho intramolecular Hbond substituents is 1. The Morgan fingerprint density at radius 1 is 1.21 bits per heavy atom. The van der Waals surface area contributed by atoms with E-state index in [2.05, 4.69) is 45.0 Å². The van der Waals surface area contributed by atoms with E-state index in [0.717, 1.165) is 28.1 Å². The molecule has 0 aromatic heterocycles. The molecule has 0 bridgehead atoms. The number of rotatable bonds is 2. The summed E-state index contributed by atoms with van der Waals surface area (Å²) in [4.78, 5) is 4.44. The van der Waals surface area contributed by atoms with Crippen LogP contribution in [0.25, 0.3) is 0 Å². The highest BCUT2D eigenvalue weighted by molar-refractivity contribution is 14.1. The van der Waals surface area contributed by atoms with Crippen molar-refractivity contribution in [2.45, 2.75) is 38.0 Å². The molecule has 102 valence electrons. The molecule has 3 rings (SSSR count). The molecule has 1 saturated carbocycles. The van der Waals surface area contributed by atoms with Crippen LogP contribution in [0, 0.1) is 3.57 Å². The third kappa shape index (κ3) is 2.73. The van der Waals surface area contributed by atoms with E-state index in [4.69, 9.17) is 0 Å². The Bertz CT molecular complexity index is 507. The number of hydrogen-bond donors (Lipinski definition) is 2. The van der Waals surface area contributed by atoms with Crippen LogP contribution in [0.3, 0.4) is 0 Å². The zero-order valence-corrected chi connectivity index (χ0v) is 13.1. The van der Waals surface area contributed by atoms with E-state index >= 15 is 0 Å². The Hall–Kier alpha value is -0.780. The first-order chi connectivity index (χ1) is 9.25. The first-order valence-corrected chi connectivity index (χ1v) is 8.14. The summed E-state index contributed by atoms with van der Waals surface area (Å²) < 4.78 is 0.937. The van der Waals surface area contributed by atoms with Gasteiger partial charge in [0, 0.05) is 6.54 Å². The highest BCUT2D eigenvalue weighted by Gasteiger charge is 2.21. The van der Waals surface area contributed by atoms with Gasteiger partial charge < -0.3 is 10.4 Å². The van der Waals surface area contributed by atoms with E-state index in [9.17, 15) is 5.11 Å². The number of nitrogens with one attached hydrogen (secondary N) is 1. The molecule has 19 heavy (non-hydrogen) atoms. The molecule has 1 heterocycles. The van der Waals surface area contributed by atoms with Gasteiger partial charge in [0.25, 0.3) is 0 Å². The molecule has 0 radical (unpaired) electrons. The van der Waals surface area contributed by atoms with Crippen LogP contribution < -0.4 is 5.32 Å². The maximum absolute atomic E-state index is 10.3. The molecule has 2 N–H and O–H groups in total. The fraction of sp³-hybridized carbons (Fsp3) is 0.533. The van der Waals surface area contributed by atoms with Crippen molar-refractivity contribution in [3.8, 4) is 5.75 Å². The van der Waals surface area contributed by atoms with Gasteiger partial charge in [-0.25, -0.2) is 0 Å². The summed E-state index contributed by atoms with van der Waals surface area (Å²) in [6, 6.07) is 4.29. The van der Waals surface area contributed by atoms with Crippen molar-refractivity contribution in [1.29, 1.82) is 0 Å². The van der Waals surface area contributed by atoms with Gasteiger partial charge in [-0.2, -0.15) is 0 Å². The van der Waals surface area contributed by atoms with E-state index in [0.29, 0.717) is 11.7 Å². The number of aliphatic imine (C=N–C) groups is 1. The van der Waals surface area contributed by atoms with Crippen molar-refractivity contribution < 1.29 is 5.11 Å². The fourth-order valence-electron chi connectivity index (χ4n) is 3.05. The Kier molecular flexibility index (Phi) is 3.96. The van der Waals surface area contributed by atoms with Crippen LogP contribution in [0.5, 0.6) is 5.75 Å². The third-order valence-electron chi connectivity index (χ3n) is 4.09. The number of nitrogens with zero attached hydrogens (tertiary/aromatic N) is 1. The maximum Gasteiger partial charge on any atom is 0.139 e. The van der Waals surface area contributed by atoms with Gasteiger partial charge in [-0.3, -0.25) is 4.99 Å². The SMILES string of the molecule is Oc1c(I)cc(C2CCCCC2)cc1C1=NCCN1. The minimum atomic E-state index is 0.369. The Labute approximate surface area is 127 Å². The van der Waals surface area contributed by atoms with Crippen molar-refractivity contribution in [3.63, 3.8) is 0 Å². The summed E-state index contributed by atoms with van der Waals surface area (Å²) in [5, 5.41) is 13.5. The van der Waals surface area contributed by atoms with Gasteiger partial charge in [-0.1, -0.05) is 19.3 Å². The quantitative estimate of drug-likeness (QED) is 0.784. The summed E-state index contributed by atoms with van der Waals surface area (Å²) in [5.74, 6) is 1.88. The normalized spacial score (nSPS) is 20.2. The molecule has 1 fully saturated rings. The van der Waals surface area contributed by atoms with Crippen molar-refractivity contribution in [2.75, 3.05) is 13.1 Å². The Balaban J connectivity index is 1.97. The smallest absolute Gasteiger partial charge is 0.139 e. The van der Waals surface area contributed by atoms with Crippen LogP contribution in [-0.2, 0) is 0 Å². The third-order valence-corrected chi connectivity index (χ3v) is 4.91. The molecule has 0 spiro atoms. The molecule has 1 aliphatic carbocycles. The molecule has 1 aromatic rings. The van der Waals surface area contributed by atoms with Crippen LogP contribution in [0.15, 0.2) is 17.1 Å². The molecule has 0 unspecified atom stereocenters. The number of aromatic hydroxyl groups is 1. The second kappa shape index (κ2) is 5.69. The van der Waals surface area contributed by atoms with Gasteiger partial charge in [0.2, 0.25) is 0 Å². The number of phenols is 1. The zero-order chi connectivity index (χ0) is 13.2. The monoisotopic (exact) mass is 370 g/mol. The predicted octanol–water partition coefficient (Wildman–Crippen LogP) is 3.39. The van der Waals surface area contributed by atoms with Crippen molar-refractivity contribution in [2.24, 2.45) is 4.99 Å². The minimum absolute atomic E-state index is 0.369. The first kappa shape index (κ1) is 13.2. The number of hydrogen-bond acceptors (Lipinski definition) is 3. The van der Waals surface area contributed by atoms with E-state index in [1.807, 2.05) is 0 Å². The maximum atomic E-state index is 10.3. The largest absolute Gasteiger partial charge is 0.506 e. The van der Waals surface area contributed by atoms with E-state index in [1.54, 1.807) is 0 Å². The van der Waals surface area contributed by atoms with Gasteiger partial charge in [0.1, 0.15) is 11.6 Å². The lowest BCUT2D eigenvalue weighted by molar-refractivity contribution is 0.441. The van der Waals surface area contributed by atoms with Gasteiger partial charge in [0.05, 0.1) is 15.7 Å². The predicted molar refractivity (Wildman–Crippen MR) is 86.1 cm³/mol. The highest BCUT2D eigenvalue weighted by atomic mass is 127. The van der Waals surface area contributed by atoms with Crippen LogP contribution in [-0.4, -0.2) is 24.0 Å². The Morgan fingerprint density at radius 3 is 2.68 bits per heavy atom. The molecule has 0 amide bonds. The Morgan fingerprint density at radius 2 is 2.00 bits per heavy atom. The summed E-state index contributed by atoms with van der Waals surface area (Å²) in [6.07, 6.45) is 6.58. The molecule has 1 aliphatic heterocycles. The highest BCUT2D eigenvalue weighted by Crippen LogP contribution is 2.36. The first-order valence-electron chi connectivity index (χ1n) is 7.07. The summed E-state index contributed by atoms with van der Waals surface area (Å²) in [5.41, 5.74) is 2.25. The van der Waals surface area contributed by atoms with Crippen molar-refractivity contribution in [1.82, 2.24) is 5.32 Å². The number of benzene rings is 1. The second-order valence-electron chi connectivity index (χ2n) is 5.39. The molecule has 0 saturated heterocycles. The topological polar surface area (TPSA) is 44.6 Å². The zero-order valence-electron chi connectivity index (χ0n) is 11.0. The average molecular weight is 370 g/mol. The van der Waals surface area contributed by atoms with Gasteiger partial charge in [-0.15, -0.1) is 0 Å². The van der Waals surface area contributed by atoms with E-state index in [1.165, 1.54) is 37.7 Å². The standard InChI is InChI=1S/C15H19IN2O/c16-13-9-11(10-4-2-1-3-5-10)8-12(14(13)19)15-17-6-7-18-15/h8-10,19H,1-7H2,(H,17,18). The number of halogens is 1. The molecular formula is C15H19IN2O. The summed E-state index contributed by atoms with van der Waals surface area (Å²) in [6.45, 7) is 1.68. The molecule has 1 aromatic carbocycles. The summed E-state index contributed by atoms with van der Waals surface area (Å²) >= 11 is 2.23. The van der Waals surface area contributed by atoms with E-state index < -0.39 is 0 Å². The van der Waals surface area contributed by atoms with Crippen molar-refractivity contribution >= 4 is 28.4 Å². The number of amidine groups is 1. The second-order valence-corrected chi connectivity index (χ2v) is 6.55. The van der Waals surface area contributed by atoms with Crippen LogP contribution in [0.4, 0.5) is 0 Å². The lowest BCUT2D eigenvalue weighted by Crippen LogP contribution is -2.20. The van der Waals surface area contributed by atoms with Gasteiger partial charge in [0.15, 0.2) is 0 Å². The molecule has 0 atom stereocenters. The average Bonchev–Trinajstić information content (AvgIpc) is 2.96. The van der Waals surface area contributed by atoms with Crippen LogP contribution in [0.2, 0.25) is 0 Å². The molecule has 3 nitrogen and oxygen atoms in total. The minimum Gasteiger partial charge on any atom is -0.506 e. The molecule has 2 aliphatic rings. The van der Waals surface area contributed by atoms with Crippen LogP contribution in [0.1, 0.15) is 49.1 Å². The lowest BCUT2D eigenvalue weighted by Gasteiger charge is -2.23. The lowest BCUT2D eigenvalue weighted by atomic mass is 9.83. The molecular weight excluding hydrogens is 351 g/mol. The fourth-order valence-corrected chi connectivity index (χ4v) is 3.70. The molecule has 4 heteroatoms. The van der Waals surface area contributed by atoms with Gasteiger partial charge >= 0.3 is 0 Å². The van der Waals surface area contributed by atoms with E-state index in [-0.39, 0.29) is 0 Å². The van der Waals surface area contributed by atoms with Crippen molar-refractivity contribution in [3.05, 3.63) is 26.8 Å². The summed E-state index contributed by atoms with van der Waals surface area (Å²) in [7, 11) is 0. The van der Waals surface area contributed by atoms with Crippen LogP contribution >= 0.6 is 22.6 Å².